The van der Waals surface area contributed by atoms with E-state index >= 15 is 0 Å². The molecule has 0 bridgehead atoms. The summed E-state index contributed by atoms with van der Waals surface area (Å²) in [6.45, 7) is 6.19. The number of ether oxygens (including phenoxy) is 1. The third-order valence-electron chi connectivity index (χ3n) is 1.60. The fraction of sp³-hybridized carbons (Fsp3) is 0.500. The molecule has 0 heterocycles. The zero-order valence-corrected chi connectivity index (χ0v) is 11.9. The number of esters is 1. The van der Waals surface area contributed by atoms with Crippen LogP contribution in [0, 0.1) is 5.41 Å². The van der Waals surface area contributed by atoms with E-state index in [0.717, 1.165) is 8.96 Å². The van der Waals surface area contributed by atoms with Gasteiger partial charge in [0.15, 0.2) is 0 Å². The molecule has 0 amide bonds. The minimum absolute atomic E-state index is 0.0349. The Kier molecular flexibility index (Phi) is 5.67. The van der Waals surface area contributed by atoms with Gasteiger partial charge < -0.3 is 4.74 Å². The van der Waals surface area contributed by atoms with Gasteiger partial charge in [-0.1, -0.05) is 20.8 Å². The summed E-state index contributed by atoms with van der Waals surface area (Å²) in [6, 6.07) is 0. The van der Waals surface area contributed by atoms with Crippen LogP contribution in [0.1, 0.15) is 20.8 Å². The van der Waals surface area contributed by atoms with E-state index < -0.39 is 0 Å². The van der Waals surface area contributed by atoms with E-state index in [1.54, 1.807) is 6.08 Å². The van der Waals surface area contributed by atoms with Crippen molar-refractivity contribution in [1.29, 1.82) is 0 Å². The number of halogens is 2. The smallest absolute Gasteiger partial charge is 0.330 e. The number of allylic oxidation sites excluding steroid dienone is 2. The maximum atomic E-state index is 10.9. The molecule has 0 saturated carbocycles. The molecule has 0 rings (SSSR count). The molecule has 4 heteroatoms. The largest absolute Gasteiger partial charge is 0.466 e. The van der Waals surface area contributed by atoms with Crippen molar-refractivity contribution >= 4 is 37.8 Å². The summed E-state index contributed by atoms with van der Waals surface area (Å²) in [6.07, 6.45) is 3.15. The lowest BCUT2D eigenvalue weighted by atomic mass is 9.87. The molecule has 0 unspecified atom stereocenters. The van der Waals surface area contributed by atoms with Crippen molar-refractivity contribution in [1.82, 2.24) is 0 Å². The van der Waals surface area contributed by atoms with Gasteiger partial charge in [-0.25, -0.2) is 4.79 Å². The first-order valence-electron chi connectivity index (χ1n) is 4.11. The van der Waals surface area contributed by atoms with Crippen LogP contribution < -0.4 is 0 Å². The van der Waals surface area contributed by atoms with E-state index in [4.69, 9.17) is 0 Å². The highest BCUT2D eigenvalue weighted by atomic mass is 79.9. The van der Waals surface area contributed by atoms with E-state index in [9.17, 15) is 4.79 Å². The minimum Gasteiger partial charge on any atom is -0.466 e. The van der Waals surface area contributed by atoms with Crippen LogP contribution >= 0.6 is 31.9 Å². The Morgan fingerprint density at radius 1 is 1.21 bits per heavy atom. The molecule has 0 aromatic rings. The Morgan fingerprint density at radius 3 is 2.00 bits per heavy atom. The lowest BCUT2D eigenvalue weighted by Gasteiger charge is -2.20. The average molecular weight is 326 g/mol. The first-order valence-corrected chi connectivity index (χ1v) is 5.69. The molecule has 0 spiro atoms. The molecular weight excluding hydrogens is 312 g/mol. The Bertz CT molecular complexity index is 268. The van der Waals surface area contributed by atoms with Crippen LogP contribution in [-0.4, -0.2) is 13.1 Å². The molecule has 2 nitrogen and oxygen atoms in total. The van der Waals surface area contributed by atoms with Crippen molar-refractivity contribution in [3.63, 3.8) is 0 Å². The second-order valence-corrected chi connectivity index (χ2v) is 6.43. The standard InChI is InChI=1S/C10H14Br2O2/c1-10(2,3)7(9(11)12)5-6-8(13)14-4/h5-6H,1-4H3/b6-5+. The summed E-state index contributed by atoms with van der Waals surface area (Å²) >= 11 is 6.68. The quantitative estimate of drug-likeness (QED) is 0.439. The minimum atomic E-state index is -0.354. The Labute approximate surface area is 102 Å². The van der Waals surface area contributed by atoms with Gasteiger partial charge >= 0.3 is 5.97 Å². The average Bonchev–Trinajstić information content (AvgIpc) is 2.01. The summed E-state index contributed by atoms with van der Waals surface area (Å²) in [5, 5.41) is 0. The summed E-state index contributed by atoms with van der Waals surface area (Å²) in [5.41, 5.74) is 0.968. The summed E-state index contributed by atoms with van der Waals surface area (Å²) < 4.78 is 5.36. The molecule has 0 radical (unpaired) electrons. The van der Waals surface area contributed by atoms with Crippen LogP contribution in [0.3, 0.4) is 0 Å². The number of carbonyl (C=O) groups excluding carboxylic acids is 1. The summed E-state index contributed by atoms with van der Waals surface area (Å²) in [4.78, 5) is 10.9. The molecule has 0 saturated heterocycles. The monoisotopic (exact) mass is 324 g/mol. The normalized spacial score (nSPS) is 11.6. The second kappa shape index (κ2) is 5.71. The van der Waals surface area contributed by atoms with Gasteiger partial charge in [0.05, 0.1) is 10.5 Å². The number of carbonyl (C=O) groups is 1. The zero-order valence-electron chi connectivity index (χ0n) is 8.73. The van der Waals surface area contributed by atoms with Gasteiger partial charge in [0.1, 0.15) is 0 Å². The van der Waals surface area contributed by atoms with Crippen molar-refractivity contribution in [2.75, 3.05) is 7.11 Å². The highest BCUT2D eigenvalue weighted by Gasteiger charge is 2.17. The molecular formula is C10H14Br2O2. The highest BCUT2D eigenvalue weighted by Crippen LogP contribution is 2.34. The fourth-order valence-electron chi connectivity index (χ4n) is 0.816. The van der Waals surface area contributed by atoms with Gasteiger partial charge in [-0.15, -0.1) is 0 Å². The number of methoxy groups -OCH3 is 1. The molecule has 80 valence electrons. The Balaban J connectivity index is 4.85. The summed E-state index contributed by atoms with van der Waals surface area (Å²) in [7, 11) is 1.36. The van der Waals surface area contributed by atoms with Crippen LogP contribution in [0.15, 0.2) is 21.1 Å². The van der Waals surface area contributed by atoms with Crippen molar-refractivity contribution in [2.24, 2.45) is 5.41 Å². The van der Waals surface area contributed by atoms with Crippen LogP contribution in [-0.2, 0) is 9.53 Å². The van der Waals surface area contributed by atoms with Crippen LogP contribution in [0.4, 0.5) is 0 Å². The molecule has 0 aromatic heterocycles. The SMILES string of the molecule is COC(=O)/C=C/C(=C(Br)Br)C(C)(C)C. The van der Waals surface area contributed by atoms with Gasteiger partial charge in [0.25, 0.3) is 0 Å². The van der Waals surface area contributed by atoms with E-state index in [2.05, 4.69) is 57.4 Å². The van der Waals surface area contributed by atoms with Crippen molar-refractivity contribution in [3.8, 4) is 0 Å². The number of hydrogen-bond acceptors (Lipinski definition) is 2. The van der Waals surface area contributed by atoms with E-state index in [-0.39, 0.29) is 11.4 Å². The first-order chi connectivity index (χ1) is 6.29. The maximum absolute atomic E-state index is 10.9. The molecule has 0 N–H and O–H groups in total. The zero-order chi connectivity index (χ0) is 11.4. The van der Waals surface area contributed by atoms with Gasteiger partial charge in [-0.3, -0.25) is 0 Å². The van der Waals surface area contributed by atoms with Gasteiger partial charge in [-0.2, -0.15) is 0 Å². The summed E-state index contributed by atoms with van der Waals surface area (Å²) in [5.74, 6) is -0.354. The third kappa shape index (κ3) is 4.96. The Hall–Kier alpha value is -0.0900. The van der Waals surface area contributed by atoms with E-state index in [1.165, 1.54) is 13.2 Å². The molecule has 0 fully saturated rings. The van der Waals surface area contributed by atoms with Crippen molar-refractivity contribution in [3.05, 3.63) is 21.1 Å². The van der Waals surface area contributed by atoms with Crippen molar-refractivity contribution in [2.45, 2.75) is 20.8 Å². The lowest BCUT2D eigenvalue weighted by Crippen LogP contribution is -2.08. The van der Waals surface area contributed by atoms with E-state index in [0.29, 0.717) is 0 Å². The van der Waals surface area contributed by atoms with Crippen LogP contribution in [0.5, 0.6) is 0 Å². The van der Waals surface area contributed by atoms with Gasteiger partial charge in [-0.05, 0) is 48.9 Å². The molecule has 0 aliphatic heterocycles. The second-order valence-electron chi connectivity index (χ2n) is 3.78. The van der Waals surface area contributed by atoms with Crippen molar-refractivity contribution < 1.29 is 9.53 Å². The van der Waals surface area contributed by atoms with Crippen LogP contribution in [0.2, 0.25) is 0 Å². The third-order valence-corrected chi connectivity index (χ3v) is 2.45. The lowest BCUT2D eigenvalue weighted by molar-refractivity contribution is -0.134. The predicted molar refractivity (Wildman–Crippen MR) is 65.5 cm³/mol. The molecule has 0 aromatic carbocycles. The van der Waals surface area contributed by atoms with Gasteiger partial charge in [0, 0.05) is 6.08 Å². The predicted octanol–water partition coefficient (Wildman–Crippen LogP) is 3.76. The van der Waals surface area contributed by atoms with Gasteiger partial charge in [0.2, 0.25) is 0 Å². The number of rotatable bonds is 2. The topological polar surface area (TPSA) is 26.3 Å². The molecule has 0 aliphatic carbocycles. The highest BCUT2D eigenvalue weighted by molar-refractivity contribution is 9.28. The Morgan fingerprint density at radius 2 is 1.71 bits per heavy atom. The number of hydrogen-bond donors (Lipinski definition) is 0. The molecule has 0 aliphatic rings. The fourth-order valence-corrected chi connectivity index (χ4v) is 2.27. The maximum Gasteiger partial charge on any atom is 0.330 e. The first kappa shape index (κ1) is 13.9. The molecule has 0 atom stereocenters. The molecule has 14 heavy (non-hydrogen) atoms. The van der Waals surface area contributed by atoms with Crippen LogP contribution in [0.25, 0.3) is 0 Å². The van der Waals surface area contributed by atoms with E-state index in [1.807, 2.05) is 0 Å².